The van der Waals surface area contributed by atoms with Gasteiger partial charge in [-0.05, 0) is 55.3 Å². The highest BCUT2D eigenvalue weighted by Crippen LogP contribution is 2.28. The molecule has 7 heteroatoms. The molecule has 0 aliphatic heterocycles. The molecule has 0 saturated carbocycles. The Morgan fingerprint density at radius 1 is 1.00 bits per heavy atom. The van der Waals surface area contributed by atoms with Crippen LogP contribution in [0, 0.1) is 13.8 Å². The third kappa shape index (κ3) is 3.43. The van der Waals surface area contributed by atoms with E-state index in [1.165, 1.54) is 18.2 Å². The Morgan fingerprint density at radius 3 is 2.29 bits per heavy atom. The van der Waals surface area contributed by atoms with Crippen LogP contribution in [0.15, 0.2) is 35.2 Å². The minimum atomic E-state index is -3.74. The number of aryl methyl sites for hydroxylation is 2. The van der Waals surface area contributed by atoms with Crippen LogP contribution in [-0.2, 0) is 10.0 Å². The van der Waals surface area contributed by atoms with E-state index in [1.807, 2.05) is 6.92 Å². The zero-order chi connectivity index (χ0) is 15.8. The molecule has 0 fully saturated rings. The number of hydrogen-bond donors (Lipinski definition) is 2. The second-order valence-electron chi connectivity index (χ2n) is 4.71. The Bertz CT molecular complexity index is 805. The largest absolute Gasteiger partial charge is 0.399 e. The number of rotatable bonds is 3. The van der Waals surface area contributed by atoms with Crippen molar-refractivity contribution in [1.82, 2.24) is 0 Å². The van der Waals surface area contributed by atoms with Crippen molar-refractivity contribution in [2.45, 2.75) is 18.7 Å². The van der Waals surface area contributed by atoms with E-state index in [4.69, 9.17) is 28.9 Å². The summed E-state index contributed by atoms with van der Waals surface area (Å²) in [5.41, 5.74) is 8.42. The van der Waals surface area contributed by atoms with Crippen LogP contribution in [0.5, 0.6) is 0 Å². The summed E-state index contributed by atoms with van der Waals surface area (Å²) in [6.07, 6.45) is 0. The van der Waals surface area contributed by atoms with Gasteiger partial charge in [-0.1, -0.05) is 23.2 Å². The predicted octanol–water partition coefficient (Wildman–Crippen LogP) is 3.99. The number of benzene rings is 2. The zero-order valence-corrected chi connectivity index (χ0v) is 13.8. The maximum absolute atomic E-state index is 12.4. The van der Waals surface area contributed by atoms with Crippen LogP contribution in [0.3, 0.4) is 0 Å². The number of hydrogen-bond acceptors (Lipinski definition) is 3. The van der Waals surface area contributed by atoms with Gasteiger partial charge in [0.25, 0.3) is 10.0 Å². The standard InChI is InChI=1S/C14H14Cl2N2O2S/c1-8-6-14(9(2)5-13(8)17)18-21(19,20)10-3-4-11(15)12(16)7-10/h3-7,18H,17H2,1-2H3. The smallest absolute Gasteiger partial charge is 0.261 e. The topological polar surface area (TPSA) is 72.2 Å². The predicted molar refractivity (Wildman–Crippen MR) is 87.6 cm³/mol. The molecule has 2 rings (SSSR count). The molecule has 0 aromatic heterocycles. The summed E-state index contributed by atoms with van der Waals surface area (Å²) in [5.74, 6) is 0. The maximum Gasteiger partial charge on any atom is 0.261 e. The zero-order valence-electron chi connectivity index (χ0n) is 11.4. The summed E-state index contributed by atoms with van der Waals surface area (Å²) in [6, 6.07) is 7.57. The Hall–Kier alpha value is -1.43. The molecule has 0 heterocycles. The third-order valence-corrected chi connectivity index (χ3v) is 5.16. The first-order valence-corrected chi connectivity index (χ1v) is 8.29. The van der Waals surface area contributed by atoms with Crippen molar-refractivity contribution in [2.24, 2.45) is 0 Å². The van der Waals surface area contributed by atoms with E-state index in [9.17, 15) is 8.42 Å². The summed E-state index contributed by atoms with van der Waals surface area (Å²) in [7, 11) is -3.74. The van der Waals surface area contributed by atoms with Crippen LogP contribution >= 0.6 is 23.2 Å². The van der Waals surface area contributed by atoms with Gasteiger partial charge in [-0.3, -0.25) is 4.72 Å². The fourth-order valence-corrected chi connectivity index (χ4v) is 3.31. The van der Waals surface area contributed by atoms with Crippen molar-refractivity contribution >= 4 is 44.6 Å². The lowest BCUT2D eigenvalue weighted by Crippen LogP contribution is -2.14. The lowest BCUT2D eigenvalue weighted by molar-refractivity contribution is 0.601. The van der Waals surface area contributed by atoms with Crippen LogP contribution in [-0.4, -0.2) is 8.42 Å². The molecule has 0 spiro atoms. The van der Waals surface area contributed by atoms with Crippen molar-refractivity contribution < 1.29 is 8.42 Å². The molecule has 0 unspecified atom stereocenters. The van der Waals surface area contributed by atoms with E-state index >= 15 is 0 Å². The molecule has 0 atom stereocenters. The van der Waals surface area contributed by atoms with Crippen molar-refractivity contribution in [3.63, 3.8) is 0 Å². The van der Waals surface area contributed by atoms with Crippen LogP contribution in [0.1, 0.15) is 11.1 Å². The molecule has 0 aliphatic carbocycles. The monoisotopic (exact) mass is 344 g/mol. The second kappa shape index (κ2) is 5.75. The average molecular weight is 345 g/mol. The third-order valence-electron chi connectivity index (χ3n) is 3.06. The quantitative estimate of drug-likeness (QED) is 0.826. The van der Waals surface area contributed by atoms with Gasteiger partial charge in [0.2, 0.25) is 0 Å². The van der Waals surface area contributed by atoms with E-state index in [0.29, 0.717) is 16.4 Å². The average Bonchev–Trinajstić information content (AvgIpc) is 2.39. The van der Waals surface area contributed by atoms with Gasteiger partial charge in [0, 0.05) is 5.69 Å². The molecule has 0 bridgehead atoms. The van der Waals surface area contributed by atoms with Gasteiger partial charge < -0.3 is 5.73 Å². The van der Waals surface area contributed by atoms with E-state index < -0.39 is 10.0 Å². The number of nitrogens with one attached hydrogen (secondary N) is 1. The molecule has 2 aromatic carbocycles. The molecule has 0 saturated heterocycles. The number of halogens is 2. The molecule has 4 nitrogen and oxygen atoms in total. The Kier molecular flexibility index (Phi) is 4.37. The first-order valence-electron chi connectivity index (χ1n) is 6.05. The van der Waals surface area contributed by atoms with Crippen molar-refractivity contribution in [3.8, 4) is 0 Å². The molecule has 21 heavy (non-hydrogen) atoms. The van der Waals surface area contributed by atoms with E-state index in [0.717, 1.165) is 11.1 Å². The SMILES string of the molecule is Cc1cc(NS(=O)(=O)c2ccc(Cl)c(Cl)c2)c(C)cc1N. The van der Waals surface area contributed by atoms with E-state index in [1.54, 1.807) is 19.1 Å². The minimum absolute atomic E-state index is 0.0470. The highest BCUT2D eigenvalue weighted by molar-refractivity contribution is 7.92. The lowest BCUT2D eigenvalue weighted by Gasteiger charge is -2.13. The molecule has 112 valence electrons. The molecular formula is C14H14Cl2N2O2S. The van der Waals surface area contributed by atoms with Crippen molar-refractivity contribution in [3.05, 3.63) is 51.5 Å². The molecule has 0 radical (unpaired) electrons. The van der Waals surface area contributed by atoms with Crippen LogP contribution < -0.4 is 10.5 Å². The molecular weight excluding hydrogens is 331 g/mol. The Labute approximate surface area is 133 Å². The lowest BCUT2D eigenvalue weighted by atomic mass is 10.1. The van der Waals surface area contributed by atoms with Crippen LogP contribution in [0.2, 0.25) is 10.0 Å². The van der Waals surface area contributed by atoms with Crippen LogP contribution in [0.4, 0.5) is 11.4 Å². The Morgan fingerprint density at radius 2 is 1.67 bits per heavy atom. The van der Waals surface area contributed by atoms with E-state index in [-0.39, 0.29) is 9.92 Å². The normalized spacial score (nSPS) is 11.4. The van der Waals surface area contributed by atoms with Gasteiger partial charge in [-0.15, -0.1) is 0 Å². The van der Waals surface area contributed by atoms with Gasteiger partial charge >= 0.3 is 0 Å². The first-order chi connectivity index (χ1) is 9.70. The fourth-order valence-electron chi connectivity index (χ4n) is 1.80. The summed E-state index contributed by atoms with van der Waals surface area (Å²) in [5, 5.41) is 0.486. The number of sulfonamides is 1. The van der Waals surface area contributed by atoms with Crippen molar-refractivity contribution in [1.29, 1.82) is 0 Å². The van der Waals surface area contributed by atoms with Crippen molar-refractivity contribution in [2.75, 3.05) is 10.5 Å². The molecule has 3 N–H and O–H groups in total. The number of anilines is 2. The molecule has 0 amide bonds. The molecule has 2 aromatic rings. The van der Waals surface area contributed by atoms with Gasteiger partial charge in [0.15, 0.2) is 0 Å². The summed E-state index contributed by atoms with van der Waals surface area (Å²) in [6.45, 7) is 3.59. The van der Waals surface area contributed by atoms with Gasteiger partial charge in [-0.2, -0.15) is 0 Å². The van der Waals surface area contributed by atoms with Gasteiger partial charge in [0.05, 0.1) is 20.6 Å². The highest BCUT2D eigenvalue weighted by atomic mass is 35.5. The van der Waals surface area contributed by atoms with Gasteiger partial charge in [-0.25, -0.2) is 8.42 Å². The number of nitrogen functional groups attached to an aromatic ring is 1. The van der Waals surface area contributed by atoms with Gasteiger partial charge in [0.1, 0.15) is 0 Å². The van der Waals surface area contributed by atoms with E-state index in [2.05, 4.69) is 4.72 Å². The second-order valence-corrected chi connectivity index (χ2v) is 7.20. The summed E-state index contributed by atoms with van der Waals surface area (Å²) in [4.78, 5) is 0.0470. The summed E-state index contributed by atoms with van der Waals surface area (Å²) < 4.78 is 27.3. The number of nitrogens with two attached hydrogens (primary N) is 1. The van der Waals surface area contributed by atoms with Crippen LogP contribution in [0.25, 0.3) is 0 Å². The summed E-state index contributed by atoms with van der Waals surface area (Å²) >= 11 is 11.7. The first kappa shape index (κ1) is 15.9. The fraction of sp³-hybridized carbons (Fsp3) is 0.143. The maximum atomic E-state index is 12.4. The Balaban J connectivity index is 2.42. The highest BCUT2D eigenvalue weighted by Gasteiger charge is 2.17. The minimum Gasteiger partial charge on any atom is -0.399 e. The molecule has 0 aliphatic rings.